The SMILES string of the molecule is CCc1cnc(N2CCC(n3nnc4cc(-c5ccc(C(=O)O)c(F)c5)ncc43)CC2)nc1. The van der Waals surface area contributed by atoms with Crippen LogP contribution in [-0.2, 0) is 6.42 Å². The first-order chi connectivity index (χ1) is 16.0. The lowest BCUT2D eigenvalue weighted by atomic mass is 10.1. The third kappa shape index (κ3) is 3.99. The number of carbonyl (C=O) groups is 1. The number of pyridine rings is 1. The molecule has 5 rings (SSSR count). The zero-order valence-electron chi connectivity index (χ0n) is 18.0. The molecule has 4 heterocycles. The molecular formula is C23H22FN7O2. The van der Waals surface area contributed by atoms with E-state index in [1.165, 1.54) is 18.2 Å². The van der Waals surface area contributed by atoms with Gasteiger partial charge in [0.15, 0.2) is 0 Å². The molecule has 1 N–H and O–H groups in total. The number of carboxylic acid groups (broad SMARTS) is 1. The van der Waals surface area contributed by atoms with E-state index in [2.05, 4.69) is 37.1 Å². The molecule has 10 heteroatoms. The molecule has 0 aliphatic carbocycles. The van der Waals surface area contributed by atoms with Crippen molar-refractivity contribution < 1.29 is 14.3 Å². The van der Waals surface area contributed by atoms with Crippen molar-refractivity contribution in [2.24, 2.45) is 0 Å². The van der Waals surface area contributed by atoms with Gasteiger partial charge >= 0.3 is 5.97 Å². The summed E-state index contributed by atoms with van der Waals surface area (Å²) in [4.78, 5) is 26.6. The van der Waals surface area contributed by atoms with Gasteiger partial charge in [-0.15, -0.1) is 5.10 Å². The van der Waals surface area contributed by atoms with E-state index in [9.17, 15) is 9.18 Å². The number of piperidine rings is 1. The van der Waals surface area contributed by atoms with Gasteiger partial charge in [0, 0.05) is 31.0 Å². The molecule has 1 aromatic carbocycles. The van der Waals surface area contributed by atoms with Crippen molar-refractivity contribution in [2.45, 2.75) is 32.2 Å². The van der Waals surface area contributed by atoms with Crippen molar-refractivity contribution >= 4 is 23.0 Å². The summed E-state index contributed by atoms with van der Waals surface area (Å²) in [5, 5.41) is 17.7. The van der Waals surface area contributed by atoms with E-state index in [1.807, 2.05) is 17.1 Å². The highest BCUT2D eigenvalue weighted by atomic mass is 19.1. The molecule has 33 heavy (non-hydrogen) atoms. The maximum absolute atomic E-state index is 14.1. The second kappa shape index (κ2) is 8.53. The Morgan fingerprint density at radius 1 is 1.12 bits per heavy atom. The Hall–Kier alpha value is -3.95. The van der Waals surface area contributed by atoms with Gasteiger partial charge < -0.3 is 10.0 Å². The Balaban J connectivity index is 1.33. The number of benzene rings is 1. The number of carboxylic acids is 1. The first-order valence-electron chi connectivity index (χ1n) is 10.8. The van der Waals surface area contributed by atoms with Gasteiger partial charge in [0.2, 0.25) is 5.95 Å². The van der Waals surface area contributed by atoms with Crippen LogP contribution < -0.4 is 4.90 Å². The number of anilines is 1. The lowest BCUT2D eigenvalue weighted by Gasteiger charge is -2.32. The van der Waals surface area contributed by atoms with Crippen LogP contribution >= 0.6 is 0 Å². The maximum atomic E-state index is 14.1. The Labute approximate surface area is 188 Å². The molecule has 1 aliphatic heterocycles. The van der Waals surface area contributed by atoms with Crippen molar-refractivity contribution in [3.05, 3.63) is 59.8 Å². The van der Waals surface area contributed by atoms with E-state index in [1.54, 1.807) is 12.3 Å². The lowest BCUT2D eigenvalue weighted by Crippen LogP contribution is -2.36. The summed E-state index contributed by atoms with van der Waals surface area (Å²) in [5.74, 6) is -1.35. The van der Waals surface area contributed by atoms with Gasteiger partial charge in [-0.1, -0.05) is 18.2 Å². The fourth-order valence-corrected chi connectivity index (χ4v) is 4.12. The third-order valence-electron chi connectivity index (χ3n) is 6.05. The van der Waals surface area contributed by atoms with E-state index in [0.717, 1.165) is 49.4 Å². The van der Waals surface area contributed by atoms with Crippen molar-refractivity contribution in [3.63, 3.8) is 0 Å². The number of nitrogens with zero attached hydrogens (tertiary/aromatic N) is 7. The quantitative estimate of drug-likeness (QED) is 0.495. The van der Waals surface area contributed by atoms with Gasteiger partial charge in [0.1, 0.15) is 16.9 Å². The van der Waals surface area contributed by atoms with Crippen LogP contribution in [0, 0.1) is 5.82 Å². The number of rotatable bonds is 5. The van der Waals surface area contributed by atoms with Crippen LogP contribution in [0.4, 0.5) is 10.3 Å². The molecule has 0 saturated carbocycles. The molecule has 1 aliphatic rings. The van der Waals surface area contributed by atoms with Crippen LogP contribution in [-0.4, -0.2) is 54.1 Å². The largest absolute Gasteiger partial charge is 0.478 e. The van der Waals surface area contributed by atoms with Crippen molar-refractivity contribution in [3.8, 4) is 11.3 Å². The van der Waals surface area contributed by atoms with Crippen LogP contribution in [0.2, 0.25) is 0 Å². The highest BCUT2D eigenvalue weighted by molar-refractivity contribution is 5.89. The molecule has 3 aromatic heterocycles. The predicted octanol–water partition coefficient (Wildman–Crippen LogP) is 3.52. The molecule has 0 bridgehead atoms. The second-order valence-electron chi connectivity index (χ2n) is 8.06. The minimum atomic E-state index is -1.30. The van der Waals surface area contributed by atoms with E-state index >= 15 is 0 Å². The lowest BCUT2D eigenvalue weighted by molar-refractivity contribution is 0.0692. The summed E-state index contributed by atoms with van der Waals surface area (Å²) in [6, 6.07) is 5.87. The summed E-state index contributed by atoms with van der Waals surface area (Å²) in [5.41, 5.74) is 3.20. The molecular weight excluding hydrogens is 425 g/mol. The molecule has 0 unspecified atom stereocenters. The number of aromatic nitrogens is 6. The zero-order chi connectivity index (χ0) is 22.9. The number of halogens is 1. The molecule has 0 radical (unpaired) electrons. The van der Waals surface area contributed by atoms with Gasteiger partial charge in [-0.3, -0.25) is 4.98 Å². The number of hydrogen-bond donors (Lipinski definition) is 1. The fraction of sp³-hybridized carbons (Fsp3) is 0.304. The first kappa shape index (κ1) is 20.9. The van der Waals surface area contributed by atoms with Crippen molar-refractivity contribution in [1.29, 1.82) is 0 Å². The number of aromatic carboxylic acids is 1. The van der Waals surface area contributed by atoms with Gasteiger partial charge in [0.05, 0.1) is 23.5 Å². The highest BCUT2D eigenvalue weighted by Crippen LogP contribution is 2.28. The summed E-state index contributed by atoms with van der Waals surface area (Å²) in [6.07, 6.45) is 8.11. The smallest absolute Gasteiger partial charge is 0.338 e. The summed E-state index contributed by atoms with van der Waals surface area (Å²) in [7, 11) is 0. The molecule has 168 valence electrons. The average molecular weight is 447 g/mol. The molecule has 0 spiro atoms. The van der Waals surface area contributed by atoms with Crippen molar-refractivity contribution in [2.75, 3.05) is 18.0 Å². The molecule has 1 fully saturated rings. The summed E-state index contributed by atoms with van der Waals surface area (Å²) >= 11 is 0. The van der Waals surface area contributed by atoms with Gasteiger partial charge in [0.25, 0.3) is 0 Å². The van der Waals surface area contributed by atoms with Crippen LogP contribution in [0.15, 0.2) is 42.9 Å². The fourth-order valence-electron chi connectivity index (χ4n) is 4.12. The van der Waals surface area contributed by atoms with Gasteiger partial charge in [-0.2, -0.15) is 0 Å². The Morgan fingerprint density at radius 2 is 1.88 bits per heavy atom. The first-order valence-corrected chi connectivity index (χ1v) is 10.8. The second-order valence-corrected chi connectivity index (χ2v) is 8.06. The van der Waals surface area contributed by atoms with E-state index in [0.29, 0.717) is 16.8 Å². The summed E-state index contributed by atoms with van der Waals surface area (Å²) < 4.78 is 16.0. The van der Waals surface area contributed by atoms with Gasteiger partial charge in [-0.25, -0.2) is 23.8 Å². The van der Waals surface area contributed by atoms with Crippen LogP contribution in [0.5, 0.6) is 0 Å². The van der Waals surface area contributed by atoms with E-state index in [4.69, 9.17) is 5.11 Å². The normalized spacial score (nSPS) is 14.7. The third-order valence-corrected chi connectivity index (χ3v) is 6.05. The number of fused-ring (bicyclic) bond motifs is 1. The average Bonchev–Trinajstić information content (AvgIpc) is 3.27. The topological polar surface area (TPSA) is 110 Å². The Bertz CT molecular complexity index is 1310. The monoisotopic (exact) mass is 447 g/mol. The minimum Gasteiger partial charge on any atom is -0.478 e. The number of aryl methyl sites for hydroxylation is 1. The Morgan fingerprint density at radius 3 is 2.55 bits per heavy atom. The zero-order valence-corrected chi connectivity index (χ0v) is 18.0. The van der Waals surface area contributed by atoms with E-state index in [-0.39, 0.29) is 11.6 Å². The predicted molar refractivity (Wildman–Crippen MR) is 120 cm³/mol. The van der Waals surface area contributed by atoms with Crippen LogP contribution in [0.25, 0.3) is 22.3 Å². The molecule has 0 atom stereocenters. The Kier molecular flexibility index (Phi) is 5.41. The molecule has 9 nitrogen and oxygen atoms in total. The molecule has 0 amide bonds. The van der Waals surface area contributed by atoms with Gasteiger partial charge in [-0.05, 0) is 43.0 Å². The maximum Gasteiger partial charge on any atom is 0.338 e. The van der Waals surface area contributed by atoms with Crippen LogP contribution in [0.1, 0.15) is 41.7 Å². The van der Waals surface area contributed by atoms with Crippen molar-refractivity contribution in [1.82, 2.24) is 29.9 Å². The highest BCUT2D eigenvalue weighted by Gasteiger charge is 2.24. The summed E-state index contributed by atoms with van der Waals surface area (Å²) in [6.45, 7) is 3.72. The standard InChI is InChI=1S/C23H22FN7O2/c1-2-14-11-26-23(27-12-14)30-7-5-16(6-8-30)31-21-13-25-19(10-20(21)28-29-31)15-3-4-17(22(32)33)18(24)9-15/h3-4,9-13,16H,2,5-8H2,1H3,(H,32,33). The number of hydrogen-bond acceptors (Lipinski definition) is 7. The molecule has 4 aromatic rings. The minimum absolute atomic E-state index is 0.182. The van der Waals surface area contributed by atoms with Crippen LogP contribution in [0.3, 0.4) is 0 Å². The molecule has 1 saturated heterocycles. The van der Waals surface area contributed by atoms with E-state index < -0.39 is 11.8 Å².